The van der Waals surface area contributed by atoms with Gasteiger partial charge in [0.05, 0.1) is 0 Å². The maximum atomic E-state index is 12.5. The van der Waals surface area contributed by atoms with E-state index in [0.29, 0.717) is 11.8 Å². The molecule has 0 radical (unpaired) electrons. The van der Waals surface area contributed by atoms with Gasteiger partial charge >= 0.3 is 0 Å². The topological polar surface area (TPSA) is 20.3 Å². The van der Waals surface area contributed by atoms with Crippen molar-refractivity contribution in [2.45, 2.75) is 12.8 Å². The zero-order chi connectivity index (χ0) is 13.9. The summed E-state index contributed by atoms with van der Waals surface area (Å²) < 4.78 is 0. The molecule has 0 bridgehead atoms. The number of carbonyl (C=O) groups excluding carboxylic acids is 1. The van der Waals surface area contributed by atoms with Gasteiger partial charge in [0, 0.05) is 24.5 Å². The number of amides is 1. The Morgan fingerprint density at radius 3 is 2.50 bits per heavy atom. The maximum absolute atomic E-state index is 12.5. The second-order valence-corrected chi connectivity index (χ2v) is 5.76. The first kappa shape index (κ1) is 13.4. The second kappa shape index (κ2) is 5.84. The summed E-state index contributed by atoms with van der Waals surface area (Å²) in [6.07, 6.45) is 2.03. The largest absolute Gasteiger partial charge is 0.339 e. The molecule has 0 aromatic heterocycles. The number of carbonyl (C=O) groups is 1. The van der Waals surface area contributed by atoms with E-state index in [4.69, 9.17) is 11.6 Å². The number of alkyl halides is 1. The monoisotopic (exact) mass is 287 g/mol. The maximum Gasteiger partial charge on any atom is 0.253 e. The molecule has 3 heteroatoms. The fourth-order valence-corrected chi connectivity index (χ4v) is 3.10. The summed E-state index contributed by atoms with van der Waals surface area (Å²) in [6, 6.07) is 14.1. The molecular weight excluding hydrogens is 270 g/mol. The Labute approximate surface area is 124 Å². The predicted octanol–water partition coefficient (Wildman–Crippen LogP) is 3.93. The number of hydrogen-bond acceptors (Lipinski definition) is 1. The van der Waals surface area contributed by atoms with Gasteiger partial charge in [-0.3, -0.25) is 4.79 Å². The van der Waals surface area contributed by atoms with Crippen LogP contribution >= 0.6 is 11.6 Å². The number of rotatable bonds is 2. The van der Waals surface area contributed by atoms with Crippen molar-refractivity contribution in [2.75, 3.05) is 19.0 Å². The van der Waals surface area contributed by atoms with Crippen molar-refractivity contribution >= 4 is 28.3 Å². The minimum atomic E-state index is 0.142. The van der Waals surface area contributed by atoms with Gasteiger partial charge in [-0.1, -0.05) is 30.3 Å². The molecule has 0 N–H and O–H groups in total. The average Bonchev–Trinajstić information content (AvgIpc) is 2.54. The van der Waals surface area contributed by atoms with Gasteiger partial charge in [0.25, 0.3) is 5.91 Å². The van der Waals surface area contributed by atoms with Crippen LogP contribution in [0.1, 0.15) is 23.2 Å². The third-order valence-corrected chi connectivity index (χ3v) is 4.55. The molecule has 0 aliphatic carbocycles. The Morgan fingerprint density at radius 1 is 1.10 bits per heavy atom. The van der Waals surface area contributed by atoms with E-state index in [0.717, 1.165) is 36.9 Å². The lowest BCUT2D eigenvalue weighted by molar-refractivity contribution is 0.0698. The predicted molar refractivity (Wildman–Crippen MR) is 83.3 cm³/mol. The van der Waals surface area contributed by atoms with Crippen molar-refractivity contribution in [3.8, 4) is 0 Å². The first-order valence-corrected chi connectivity index (χ1v) is 7.65. The highest BCUT2D eigenvalue weighted by Crippen LogP contribution is 2.22. The third-order valence-electron chi connectivity index (χ3n) is 4.12. The van der Waals surface area contributed by atoms with Gasteiger partial charge in [0.2, 0.25) is 0 Å². The third kappa shape index (κ3) is 2.66. The molecule has 2 nitrogen and oxygen atoms in total. The molecule has 0 saturated carbocycles. The number of halogens is 1. The van der Waals surface area contributed by atoms with Crippen molar-refractivity contribution in [1.82, 2.24) is 4.90 Å². The second-order valence-electron chi connectivity index (χ2n) is 5.45. The van der Waals surface area contributed by atoms with Gasteiger partial charge in [-0.2, -0.15) is 0 Å². The van der Waals surface area contributed by atoms with Crippen LogP contribution in [0, 0.1) is 5.92 Å². The van der Waals surface area contributed by atoms with Crippen LogP contribution in [0.5, 0.6) is 0 Å². The Bertz CT molecular complexity index is 617. The van der Waals surface area contributed by atoms with Crippen molar-refractivity contribution in [2.24, 2.45) is 5.92 Å². The van der Waals surface area contributed by atoms with Crippen LogP contribution in [0.4, 0.5) is 0 Å². The number of nitrogens with zero attached hydrogens (tertiary/aromatic N) is 1. The van der Waals surface area contributed by atoms with Crippen LogP contribution in [-0.4, -0.2) is 29.8 Å². The summed E-state index contributed by atoms with van der Waals surface area (Å²) in [5, 5.41) is 2.29. The van der Waals surface area contributed by atoms with E-state index in [1.807, 2.05) is 41.3 Å². The van der Waals surface area contributed by atoms with E-state index in [-0.39, 0.29) is 5.91 Å². The van der Waals surface area contributed by atoms with Crippen LogP contribution in [0.15, 0.2) is 42.5 Å². The molecule has 1 saturated heterocycles. The molecule has 1 fully saturated rings. The summed E-state index contributed by atoms with van der Waals surface area (Å²) in [5.74, 6) is 1.42. The quantitative estimate of drug-likeness (QED) is 0.767. The highest BCUT2D eigenvalue weighted by atomic mass is 35.5. The Morgan fingerprint density at radius 2 is 1.80 bits per heavy atom. The Hall–Kier alpha value is -1.54. The zero-order valence-corrected chi connectivity index (χ0v) is 12.1. The number of piperidine rings is 1. The van der Waals surface area contributed by atoms with Gasteiger partial charge in [-0.05, 0) is 41.7 Å². The molecule has 0 unspecified atom stereocenters. The normalized spacial score (nSPS) is 16.6. The molecule has 2 aromatic rings. The van der Waals surface area contributed by atoms with E-state index in [1.165, 1.54) is 5.39 Å². The smallest absolute Gasteiger partial charge is 0.253 e. The molecule has 1 heterocycles. The van der Waals surface area contributed by atoms with E-state index in [1.54, 1.807) is 0 Å². The van der Waals surface area contributed by atoms with Crippen molar-refractivity contribution in [3.05, 3.63) is 48.0 Å². The number of fused-ring (bicyclic) bond motifs is 1. The molecule has 1 aliphatic rings. The lowest BCUT2D eigenvalue weighted by Gasteiger charge is -2.31. The Kier molecular flexibility index (Phi) is 3.93. The summed E-state index contributed by atoms with van der Waals surface area (Å²) in [5.41, 5.74) is 0.785. The molecule has 0 atom stereocenters. The van der Waals surface area contributed by atoms with Gasteiger partial charge < -0.3 is 4.90 Å². The standard InChI is InChI=1S/C17H18ClNO/c18-12-13-7-9-19(10-8-13)17(20)16-6-5-14-3-1-2-4-15(14)11-16/h1-6,11,13H,7-10,12H2. The van der Waals surface area contributed by atoms with E-state index in [9.17, 15) is 4.79 Å². The number of hydrogen-bond donors (Lipinski definition) is 0. The first-order valence-electron chi connectivity index (χ1n) is 7.12. The van der Waals surface area contributed by atoms with E-state index < -0.39 is 0 Å². The lowest BCUT2D eigenvalue weighted by atomic mass is 9.98. The van der Waals surface area contributed by atoms with Crippen molar-refractivity contribution in [3.63, 3.8) is 0 Å². The SMILES string of the molecule is O=C(c1ccc2ccccc2c1)N1CCC(CCl)CC1. The minimum Gasteiger partial charge on any atom is -0.339 e. The summed E-state index contributed by atoms with van der Waals surface area (Å²) in [6.45, 7) is 1.64. The van der Waals surface area contributed by atoms with Gasteiger partial charge in [0.1, 0.15) is 0 Å². The summed E-state index contributed by atoms with van der Waals surface area (Å²) >= 11 is 5.89. The van der Waals surface area contributed by atoms with Crippen LogP contribution in [0.25, 0.3) is 10.8 Å². The van der Waals surface area contributed by atoms with E-state index >= 15 is 0 Å². The molecule has 0 spiro atoms. The molecular formula is C17H18ClNO. The minimum absolute atomic E-state index is 0.142. The molecule has 20 heavy (non-hydrogen) atoms. The highest BCUT2D eigenvalue weighted by molar-refractivity contribution is 6.18. The average molecular weight is 288 g/mol. The van der Waals surface area contributed by atoms with Gasteiger partial charge in [0.15, 0.2) is 0 Å². The highest BCUT2D eigenvalue weighted by Gasteiger charge is 2.23. The van der Waals surface area contributed by atoms with Crippen LogP contribution in [-0.2, 0) is 0 Å². The molecule has 2 aromatic carbocycles. The molecule has 1 amide bonds. The number of benzene rings is 2. The van der Waals surface area contributed by atoms with Crippen LogP contribution < -0.4 is 0 Å². The molecule has 1 aliphatic heterocycles. The van der Waals surface area contributed by atoms with Crippen molar-refractivity contribution < 1.29 is 4.79 Å². The van der Waals surface area contributed by atoms with Crippen LogP contribution in [0.3, 0.4) is 0 Å². The van der Waals surface area contributed by atoms with E-state index in [2.05, 4.69) is 6.07 Å². The van der Waals surface area contributed by atoms with Gasteiger partial charge in [-0.25, -0.2) is 0 Å². The number of likely N-dealkylation sites (tertiary alicyclic amines) is 1. The Balaban J connectivity index is 1.79. The zero-order valence-electron chi connectivity index (χ0n) is 11.4. The van der Waals surface area contributed by atoms with Gasteiger partial charge in [-0.15, -0.1) is 11.6 Å². The molecule has 104 valence electrons. The van der Waals surface area contributed by atoms with Crippen LogP contribution in [0.2, 0.25) is 0 Å². The first-order chi connectivity index (χ1) is 9.78. The fourth-order valence-electron chi connectivity index (χ4n) is 2.80. The van der Waals surface area contributed by atoms with Crippen molar-refractivity contribution in [1.29, 1.82) is 0 Å². The summed E-state index contributed by atoms with van der Waals surface area (Å²) in [7, 11) is 0. The fraction of sp³-hybridized carbons (Fsp3) is 0.353. The molecule has 3 rings (SSSR count). The lowest BCUT2D eigenvalue weighted by Crippen LogP contribution is -2.38. The summed E-state index contributed by atoms with van der Waals surface area (Å²) in [4.78, 5) is 14.5.